The molecule has 1 aliphatic rings. The van der Waals surface area contributed by atoms with Gasteiger partial charge in [-0.05, 0) is 42.8 Å². The quantitative estimate of drug-likeness (QED) is 0.691. The molecule has 6 heteroatoms. The number of amides is 1. The van der Waals surface area contributed by atoms with Crippen molar-refractivity contribution in [1.29, 1.82) is 0 Å². The first-order valence-electron chi connectivity index (χ1n) is 8.43. The topological polar surface area (TPSA) is 55.6 Å². The van der Waals surface area contributed by atoms with E-state index in [0.29, 0.717) is 23.8 Å². The average Bonchev–Trinajstić information content (AvgIpc) is 3.30. The number of benzene rings is 2. The van der Waals surface area contributed by atoms with Crippen LogP contribution in [-0.4, -0.2) is 17.4 Å². The molecule has 0 unspecified atom stereocenters. The number of ether oxygens (including phenoxy) is 1. The molecule has 1 aromatic heterocycles. The minimum absolute atomic E-state index is 0.138. The Hall–Kier alpha value is -3.15. The number of anilines is 1. The van der Waals surface area contributed by atoms with Crippen molar-refractivity contribution >= 4 is 11.6 Å². The van der Waals surface area contributed by atoms with Crippen molar-refractivity contribution in [3.8, 4) is 17.1 Å². The predicted octanol–water partition coefficient (Wildman–Crippen LogP) is 4.19. The van der Waals surface area contributed by atoms with Crippen LogP contribution in [0.15, 0.2) is 59.1 Å². The molecule has 1 fully saturated rings. The highest BCUT2D eigenvalue weighted by atomic mass is 19.1. The van der Waals surface area contributed by atoms with Crippen molar-refractivity contribution in [3.63, 3.8) is 0 Å². The minimum atomic E-state index is -0.298. The van der Waals surface area contributed by atoms with Crippen molar-refractivity contribution in [2.75, 3.05) is 11.4 Å². The second-order valence-electron chi connectivity index (χ2n) is 6.06. The number of nitrogens with zero attached hydrogens (tertiary/aromatic N) is 2. The molecule has 1 amide bonds. The second kappa shape index (κ2) is 7.00. The molecular weight excluding hydrogens is 335 g/mol. The molecule has 2 heterocycles. The average molecular weight is 352 g/mol. The smallest absolute Gasteiger partial charge is 0.232 e. The highest BCUT2D eigenvalue weighted by Gasteiger charge is 2.21. The molecule has 0 N–H and O–H groups in total. The summed E-state index contributed by atoms with van der Waals surface area (Å²) < 4.78 is 24.4. The lowest BCUT2D eigenvalue weighted by atomic mass is 10.2. The molecule has 1 saturated heterocycles. The summed E-state index contributed by atoms with van der Waals surface area (Å²) in [7, 11) is 0. The zero-order valence-electron chi connectivity index (χ0n) is 14.0. The van der Waals surface area contributed by atoms with Gasteiger partial charge in [-0.25, -0.2) is 9.37 Å². The summed E-state index contributed by atoms with van der Waals surface area (Å²) in [6.45, 7) is 0.904. The third-order valence-electron chi connectivity index (χ3n) is 4.25. The number of hydrogen-bond acceptors (Lipinski definition) is 4. The zero-order valence-corrected chi connectivity index (χ0v) is 14.0. The normalized spacial score (nSPS) is 14.0. The van der Waals surface area contributed by atoms with Gasteiger partial charge in [-0.2, -0.15) is 0 Å². The first-order valence-corrected chi connectivity index (χ1v) is 8.43. The number of aromatic nitrogens is 1. The van der Waals surface area contributed by atoms with E-state index in [1.54, 1.807) is 23.2 Å². The molecule has 0 radical (unpaired) electrons. The van der Waals surface area contributed by atoms with E-state index in [-0.39, 0.29) is 18.3 Å². The molecule has 0 saturated carbocycles. The van der Waals surface area contributed by atoms with E-state index in [1.807, 2.05) is 24.3 Å². The van der Waals surface area contributed by atoms with Crippen molar-refractivity contribution in [2.45, 2.75) is 19.4 Å². The Bertz CT molecular complexity index is 921. The molecule has 0 atom stereocenters. The van der Waals surface area contributed by atoms with Gasteiger partial charge in [-0.15, -0.1) is 0 Å². The maximum absolute atomic E-state index is 13.0. The monoisotopic (exact) mass is 352 g/mol. The predicted molar refractivity (Wildman–Crippen MR) is 94.3 cm³/mol. The lowest BCUT2D eigenvalue weighted by Gasteiger charge is -2.16. The van der Waals surface area contributed by atoms with Gasteiger partial charge in [-0.3, -0.25) is 4.79 Å². The van der Waals surface area contributed by atoms with E-state index >= 15 is 0 Å². The highest BCUT2D eigenvalue weighted by Crippen LogP contribution is 2.26. The Labute approximate surface area is 150 Å². The molecular formula is C20H17FN2O3. The van der Waals surface area contributed by atoms with Gasteiger partial charge in [0.2, 0.25) is 11.8 Å². The van der Waals surface area contributed by atoms with Crippen LogP contribution in [0, 0.1) is 5.82 Å². The first kappa shape index (κ1) is 16.3. The molecule has 3 aromatic rings. The fraction of sp³-hybridized carbons (Fsp3) is 0.200. The molecule has 26 heavy (non-hydrogen) atoms. The van der Waals surface area contributed by atoms with Crippen LogP contribution in [0.1, 0.15) is 18.7 Å². The molecule has 5 nitrogen and oxygen atoms in total. The van der Waals surface area contributed by atoms with E-state index in [4.69, 9.17) is 9.15 Å². The number of halogens is 1. The number of oxazole rings is 1. The van der Waals surface area contributed by atoms with Crippen molar-refractivity contribution < 1.29 is 18.3 Å². The van der Waals surface area contributed by atoms with E-state index in [2.05, 4.69) is 4.98 Å². The first-order chi connectivity index (χ1) is 12.7. The summed E-state index contributed by atoms with van der Waals surface area (Å²) >= 11 is 0. The van der Waals surface area contributed by atoms with Gasteiger partial charge in [-0.1, -0.05) is 6.07 Å². The van der Waals surface area contributed by atoms with Gasteiger partial charge in [0.25, 0.3) is 0 Å². The molecule has 132 valence electrons. The maximum atomic E-state index is 13.0. The lowest BCUT2D eigenvalue weighted by molar-refractivity contribution is -0.117. The van der Waals surface area contributed by atoms with Gasteiger partial charge in [0.1, 0.15) is 11.6 Å². The SMILES string of the molecule is O=C1CCCN1c1cccc(OCc2ncc(-c3ccc(F)cc3)o2)c1. The van der Waals surface area contributed by atoms with Crippen LogP contribution >= 0.6 is 0 Å². The van der Waals surface area contributed by atoms with E-state index in [0.717, 1.165) is 24.2 Å². The summed E-state index contributed by atoms with van der Waals surface area (Å²) in [5.41, 5.74) is 1.59. The molecule has 0 spiro atoms. The summed E-state index contributed by atoms with van der Waals surface area (Å²) in [4.78, 5) is 17.8. The Kier molecular flexibility index (Phi) is 4.39. The Balaban J connectivity index is 1.43. The van der Waals surface area contributed by atoms with Gasteiger partial charge in [0.15, 0.2) is 12.4 Å². The van der Waals surface area contributed by atoms with Crippen LogP contribution in [0.5, 0.6) is 5.75 Å². The molecule has 2 aromatic carbocycles. The maximum Gasteiger partial charge on any atom is 0.232 e. The van der Waals surface area contributed by atoms with Gasteiger partial charge in [0.05, 0.1) is 6.20 Å². The Morgan fingerprint density at radius 2 is 2.04 bits per heavy atom. The summed E-state index contributed by atoms with van der Waals surface area (Å²) in [5, 5.41) is 0. The van der Waals surface area contributed by atoms with Crippen LogP contribution < -0.4 is 9.64 Å². The Morgan fingerprint density at radius 3 is 2.81 bits per heavy atom. The van der Waals surface area contributed by atoms with Gasteiger partial charge in [0, 0.05) is 30.3 Å². The highest BCUT2D eigenvalue weighted by molar-refractivity contribution is 5.95. The molecule has 0 bridgehead atoms. The van der Waals surface area contributed by atoms with Crippen LogP contribution in [0.25, 0.3) is 11.3 Å². The van der Waals surface area contributed by atoms with Gasteiger partial charge >= 0.3 is 0 Å². The van der Waals surface area contributed by atoms with E-state index in [9.17, 15) is 9.18 Å². The third-order valence-corrected chi connectivity index (χ3v) is 4.25. The fourth-order valence-electron chi connectivity index (χ4n) is 2.93. The van der Waals surface area contributed by atoms with Crippen molar-refractivity contribution in [2.24, 2.45) is 0 Å². The number of carbonyl (C=O) groups is 1. The fourth-order valence-corrected chi connectivity index (χ4v) is 2.93. The largest absolute Gasteiger partial charge is 0.484 e. The summed E-state index contributed by atoms with van der Waals surface area (Å²) in [5.74, 6) is 1.46. The van der Waals surface area contributed by atoms with Crippen LogP contribution in [0.2, 0.25) is 0 Å². The molecule has 4 rings (SSSR count). The van der Waals surface area contributed by atoms with Gasteiger partial charge < -0.3 is 14.1 Å². The van der Waals surface area contributed by atoms with Crippen molar-refractivity contribution in [3.05, 3.63) is 66.4 Å². The summed E-state index contributed by atoms with van der Waals surface area (Å²) in [6.07, 6.45) is 3.06. The van der Waals surface area contributed by atoms with Crippen LogP contribution in [0.4, 0.5) is 10.1 Å². The number of carbonyl (C=O) groups excluding carboxylic acids is 1. The number of hydrogen-bond donors (Lipinski definition) is 0. The second-order valence-corrected chi connectivity index (χ2v) is 6.06. The molecule has 1 aliphatic heterocycles. The van der Waals surface area contributed by atoms with Crippen LogP contribution in [0.3, 0.4) is 0 Å². The minimum Gasteiger partial charge on any atom is -0.484 e. The van der Waals surface area contributed by atoms with Crippen LogP contribution in [-0.2, 0) is 11.4 Å². The zero-order chi connectivity index (χ0) is 17.9. The lowest BCUT2D eigenvalue weighted by Crippen LogP contribution is -2.23. The summed E-state index contributed by atoms with van der Waals surface area (Å²) in [6, 6.07) is 13.4. The van der Waals surface area contributed by atoms with Crippen molar-refractivity contribution in [1.82, 2.24) is 4.98 Å². The Morgan fingerprint density at radius 1 is 1.19 bits per heavy atom. The van der Waals surface area contributed by atoms with E-state index in [1.165, 1.54) is 12.1 Å². The number of rotatable bonds is 5. The molecule has 0 aliphatic carbocycles. The standard InChI is InChI=1S/C20H17FN2O3/c21-15-8-6-14(7-9-15)18-12-22-19(26-18)13-25-17-4-1-3-16(11-17)23-10-2-5-20(23)24/h1,3-4,6-9,11-12H,2,5,10,13H2. The van der Waals surface area contributed by atoms with E-state index < -0.39 is 0 Å². The third kappa shape index (κ3) is 3.44.